The van der Waals surface area contributed by atoms with Gasteiger partial charge >= 0.3 is 5.92 Å². The normalized spacial score (nSPS) is 27.0. The Hall–Kier alpha value is -1.92. The Bertz CT molecular complexity index is 616. The molecule has 3 rings (SSSR count). The van der Waals surface area contributed by atoms with Crippen LogP contribution in [0.1, 0.15) is 25.3 Å². The van der Waals surface area contributed by atoms with E-state index < -0.39 is 23.9 Å². The highest BCUT2D eigenvalue weighted by Crippen LogP contribution is 2.44. The van der Waals surface area contributed by atoms with Gasteiger partial charge in [0.1, 0.15) is 12.4 Å². The van der Waals surface area contributed by atoms with Crippen molar-refractivity contribution in [1.82, 2.24) is 0 Å². The molecule has 0 saturated heterocycles. The maximum Gasteiger partial charge on any atom is 0.310 e. The number of hydrogen-bond donors (Lipinski definition) is 2. The molecule has 0 bridgehead atoms. The van der Waals surface area contributed by atoms with Crippen molar-refractivity contribution in [2.45, 2.75) is 31.3 Å². The van der Waals surface area contributed by atoms with E-state index in [1.54, 1.807) is 0 Å². The molecule has 1 fully saturated rings. The Balaban J connectivity index is 1.94. The number of nitrogens with one attached hydrogen (secondary N) is 1. The molecule has 1 aliphatic carbocycles. The molecule has 1 atom stereocenters. The van der Waals surface area contributed by atoms with Crippen LogP contribution in [0.25, 0.3) is 0 Å². The molecule has 1 saturated carbocycles. The van der Waals surface area contributed by atoms with E-state index in [4.69, 9.17) is 10.5 Å². The van der Waals surface area contributed by atoms with Gasteiger partial charge in [-0.25, -0.2) is 9.38 Å². The van der Waals surface area contributed by atoms with Crippen LogP contribution in [0.3, 0.4) is 0 Å². The molecule has 0 amide bonds. The Morgan fingerprint density at radius 3 is 2.82 bits per heavy atom. The quantitative estimate of drug-likeness (QED) is 0.898. The third-order valence-corrected chi connectivity index (χ3v) is 4.21. The SMILES string of the molecule is C[C@]1(c2cc(NCC3CC3)ccc2F)OC(N)=NCC1(F)F. The van der Waals surface area contributed by atoms with Gasteiger partial charge in [0.05, 0.1) is 0 Å². The number of anilines is 1. The number of nitrogens with two attached hydrogens (primary N) is 1. The molecular formula is C15H18F3N3O. The second kappa shape index (κ2) is 5.07. The van der Waals surface area contributed by atoms with E-state index in [0.29, 0.717) is 11.6 Å². The van der Waals surface area contributed by atoms with Crippen molar-refractivity contribution in [2.75, 3.05) is 18.4 Å². The van der Waals surface area contributed by atoms with Crippen LogP contribution >= 0.6 is 0 Å². The molecule has 0 aromatic heterocycles. The van der Waals surface area contributed by atoms with E-state index in [1.165, 1.54) is 12.1 Å². The van der Waals surface area contributed by atoms with Crippen LogP contribution in [0.4, 0.5) is 18.9 Å². The van der Waals surface area contributed by atoms with Crippen LogP contribution in [0.5, 0.6) is 0 Å². The summed E-state index contributed by atoms with van der Waals surface area (Å²) in [4.78, 5) is 3.41. The number of aliphatic imine (C=N–C) groups is 1. The number of amidine groups is 1. The number of alkyl halides is 2. The number of rotatable bonds is 4. The predicted octanol–water partition coefficient (Wildman–Crippen LogP) is 2.84. The lowest BCUT2D eigenvalue weighted by atomic mass is 9.87. The highest BCUT2D eigenvalue weighted by atomic mass is 19.3. The molecule has 0 radical (unpaired) electrons. The van der Waals surface area contributed by atoms with Crippen molar-refractivity contribution in [3.8, 4) is 0 Å². The monoisotopic (exact) mass is 313 g/mol. The Morgan fingerprint density at radius 2 is 2.14 bits per heavy atom. The van der Waals surface area contributed by atoms with Gasteiger partial charge in [-0.15, -0.1) is 0 Å². The van der Waals surface area contributed by atoms with Crippen LogP contribution in [0, 0.1) is 11.7 Å². The zero-order valence-corrected chi connectivity index (χ0v) is 12.2. The summed E-state index contributed by atoms with van der Waals surface area (Å²) >= 11 is 0. The molecule has 3 N–H and O–H groups in total. The first-order chi connectivity index (χ1) is 10.3. The molecular weight excluding hydrogens is 295 g/mol. The van der Waals surface area contributed by atoms with E-state index >= 15 is 0 Å². The van der Waals surface area contributed by atoms with Gasteiger partial charge in [-0.1, -0.05) is 0 Å². The fourth-order valence-corrected chi connectivity index (χ4v) is 2.48. The van der Waals surface area contributed by atoms with Gasteiger partial charge in [0, 0.05) is 17.8 Å². The molecule has 0 unspecified atom stereocenters. The maximum absolute atomic E-state index is 14.3. The zero-order valence-electron chi connectivity index (χ0n) is 12.2. The first kappa shape index (κ1) is 15.0. The Kier molecular flexibility index (Phi) is 3.45. The summed E-state index contributed by atoms with van der Waals surface area (Å²) in [5, 5.41) is 3.14. The topological polar surface area (TPSA) is 59.6 Å². The minimum atomic E-state index is -3.36. The summed E-state index contributed by atoms with van der Waals surface area (Å²) < 4.78 is 47.8. The fraction of sp³-hybridized carbons (Fsp3) is 0.533. The van der Waals surface area contributed by atoms with E-state index in [2.05, 4.69) is 10.3 Å². The van der Waals surface area contributed by atoms with Crippen LogP contribution in [-0.2, 0) is 10.3 Å². The van der Waals surface area contributed by atoms with E-state index in [-0.39, 0.29) is 11.6 Å². The van der Waals surface area contributed by atoms with E-state index in [1.807, 2.05) is 0 Å². The molecule has 0 spiro atoms. The number of hydrogen-bond acceptors (Lipinski definition) is 4. The minimum absolute atomic E-state index is 0.226. The Labute approximate surface area is 126 Å². The maximum atomic E-state index is 14.3. The van der Waals surface area contributed by atoms with Crippen LogP contribution in [0.2, 0.25) is 0 Å². The second-order valence-electron chi connectivity index (χ2n) is 6.01. The van der Waals surface area contributed by atoms with Gasteiger partial charge < -0.3 is 15.8 Å². The fourth-order valence-electron chi connectivity index (χ4n) is 2.48. The third-order valence-electron chi connectivity index (χ3n) is 4.21. The van der Waals surface area contributed by atoms with Crippen LogP contribution < -0.4 is 11.1 Å². The summed E-state index contributed by atoms with van der Waals surface area (Å²) in [6.45, 7) is 1.06. The van der Waals surface area contributed by atoms with Gasteiger partial charge in [0.15, 0.2) is 0 Å². The highest BCUT2D eigenvalue weighted by Gasteiger charge is 2.57. The number of ether oxygens (including phenoxy) is 1. The smallest absolute Gasteiger partial charge is 0.310 e. The number of nitrogens with zero attached hydrogens (tertiary/aromatic N) is 1. The van der Waals surface area contributed by atoms with Crippen molar-refractivity contribution in [3.05, 3.63) is 29.6 Å². The minimum Gasteiger partial charge on any atom is -0.448 e. The average molecular weight is 313 g/mol. The first-order valence-electron chi connectivity index (χ1n) is 7.22. The van der Waals surface area contributed by atoms with Crippen molar-refractivity contribution in [1.29, 1.82) is 0 Å². The lowest BCUT2D eigenvalue weighted by Crippen LogP contribution is -2.53. The first-order valence-corrected chi connectivity index (χ1v) is 7.22. The lowest BCUT2D eigenvalue weighted by Gasteiger charge is -2.39. The second-order valence-corrected chi connectivity index (χ2v) is 6.01. The lowest BCUT2D eigenvalue weighted by molar-refractivity contribution is -0.173. The van der Waals surface area contributed by atoms with Gasteiger partial charge in [-0.05, 0) is 43.9 Å². The number of benzene rings is 1. The standard InChI is InChI=1S/C15H18F3N3O/c1-14(15(17,18)8-21-13(19)22-14)11-6-10(4-5-12(11)16)20-7-9-2-3-9/h4-6,9,20H,2-3,7-8H2,1H3,(H2,19,21)/t14-/m1/s1. The Morgan fingerprint density at radius 1 is 1.41 bits per heavy atom. The van der Waals surface area contributed by atoms with Gasteiger partial charge in [-0.3, -0.25) is 0 Å². The third kappa shape index (κ3) is 2.60. The molecule has 2 aliphatic rings. The van der Waals surface area contributed by atoms with Crippen molar-refractivity contribution >= 4 is 11.7 Å². The van der Waals surface area contributed by atoms with Crippen molar-refractivity contribution < 1.29 is 17.9 Å². The summed E-state index contributed by atoms with van der Waals surface area (Å²) in [7, 11) is 0. The van der Waals surface area contributed by atoms with Crippen LogP contribution in [-0.4, -0.2) is 25.0 Å². The molecule has 1 aromatic carbocycles. The molecule has 1 aromatic rings. The van der Waals surface area contributed by atoms with Gasteiger partial charge in [-0.2, -0.15) is 8.78 Å². The molecule has 4 nitrogen and oxygen atoms in total. The molecule has 7 heteroatoms. The van der Waals surface area contributed by atoms with Gasteiger partial charge in [0.2, 0.25) is 5.60 Å². The summed E-state index contributed by atoms with van der Waals surface area (Å²) in [6.07, 6.45) is 2.32. The number of halogens is 3. The van der Waals surface area contributed by atoms with Crippen molar-refractivity contribution in [2.24, 2.45) is 16.6 Å². The summed E-state index contributed by atoms with van der Waals surface area (Å²) in [5.41, 5.74) is 3.60. The summed E-state index contributed by atoms with van der Waals surface area (Å²) in [6, 6.07) is 3.70. The van der Waals surface area contributed by atoms with Crippen LogP contribution in [0.15, 0.2) is 23.2 Å². The van der Waals surface area contributed by atoms with E-state index in [0.717, 1.165) is 32.4 Å². The largest absolute Gasteiger partial charge is 0.448 e. The highest BCUT2D eigenvalue weighted by molar-refractivity contribution is 5.73. The van der Waals surface area contributed by atoms with Gasteiger partial charge in [0.25, 0.3) is 6.02 Å². The molecule has 22 heavy (non-hydrogen) atoms. The zero-order chi connectivity index (χ0) is 16.0. The van der Waals surface area contributed by atoms with Crippen molar-refractivity contribution in [3.63, 3.8) is 0 Å². The van der Waals surface area contributed by atoms with E-state index in [9.17, 15) is 13.2 Å². The average Bonchev–Trinajstić information content (AvgIpc) is 3.27. The molecule has 1 heterocycles. The predicted molar refractivity (Wildman–Crippen MR) is 77.5 cm³/mol. The molecule has 1 aliphatic heterocycles. The summed E-state index contributed by atoms with van der Waals surface area (Å²) in [5.74, 6) is -3.50. The molecule has 120 valence electrons.